The molecule has 0 aliphatic heterocycles. The molecule has 0 aliphatic rings. The summed E-state index contributed by atoms with van der Waals surface area (Å²) in [5.41, 5.74) is 0. The number of hydrogen-bond donors (Lipinski definition) is 0. The van der Waals surface area contributed by atoms with Gasteiger partial charge in [-0.25, -0.2) is 0 Å². The van der Waals surface area contributed by atoms with Gasteiger partial charge >= 0.3 is 24.4 Å². The summed E-state index contributed by atoms with van der Waals surface area (Å²) < 4.78 is 3.17. The Kier molecular flexibility index (Phi) is 8.96. The molecule has 3 heterocycles. The zero-order chi connectivity index (χ0) is 13.7. The SMILES string of the molecule is O=C([O-])n1ss1.O=C([O-])n1ss1.O=C([O-])n1ss1.[Sb+3]. The summed E-state index contributed by atoms with van der Waals surface area (Å²) in [7, 11) is 6.99. The van der Waals surface area contributed by atoms with Crippen LogP contribution in [0.1, 0.15) is 0 Å². The zero-order valence-electron chi connectivity index (χ0n) is 8.19. The van der Waals surface area contributed by atoms with Crippen molar-refractivity contribution in [3.63, 3.8) is 0 Å². The Balaban J connectivity index is 0.000000249. The summed E-state index contributed by atoms with van der Waals surface area (Å²) in [6.45, 7) is 0. The molecule has 104 valence electrons. The third-order valence-electron chi connectivity index (χ3n) is 0.894. The Labute approximate surface area is 144 Å². The van der Waals surface area contributed by atoms with Gasteiger partial charge in [0.15, 0.2) is 18.3 Å². The van der Waals surface area contributed by atoms with Crippen molar-refractivity contribution in [2.45, 2.75) is 0 Å². The fourth-order valence-corrected chi connectivity index (χ4v) is 2.09. The number of carbonyl (C=O) groups excluding carboxylic acids is 3. The van der Waals surface area contributed by atoms with E-state index in [2.05, 4.69) is 0 Å². The Morgan fingerprint density at radius 3 is 0.737 bits per heavy atom. The van der Waals surface area contributed by atoms with Gasteiger partial charge in [-0.05, 0) is 0 Å². The van der Waals surface area contributed by atoms with E-state index in [1.807, 2.05) is 0 Å². The van der Waals surface area contributed by atoms with Crippen LogP contribution in [0.2, 0.25) is 0 Å². The van der Waals surface area contributed by atoms with Crippen LogP contribution in [0, 0.1) is 0 Å². The van der Waals surface area contributed by atoms with Crippen LogP contribution in [-0.2, 0) is 0 Å². The molecule has 0 saturated heterocycles. The fourth-order valence-electron chi connectivity index (χ4n) is 0.233. The summed E-state index contributed by atoms with van der Waals surface area (Å²) >= 11 is 0. The molecule has 16 heteroatoms. The molecule has 0 aliphatic carbocycles. The molecule has 0 bridgehead atoms. The van der Waals surface area contributed by atoms with Crippen LogP contribution in [0.15, 0.2) is 0 Å². The normalized spacial score (nSPS) is 8.84. The molecular formula is C3N3O6S6Sb. The predicted octanol–water partition coefficient (Wildman–Crippen LogP) is -0.973. The average Bonchev–Trinajstić information content (AvgIpc) is 3.22. The summed E-state index contributed by atoms with van der Waals surface area (Å²) in [6, 6.07) is 0. The van der Waals surface area contributed by atoms with Crippen molar-refractivity contribution in [3.05, 3.63) is 0 Å². The third-order valence-corrected chi connectivity index (χ3v) is 5.37. The minimum absolute atomic E-state index is 0. The second kappa shape index (κ2) is 8.99. The average molecular weight is 488 g/mol. The molecule has 3 aromatic rings. The summed E-state index contributed by atoms with van der Waals surface area (Å²) in [5.74, 6) is 0. The van der Waals surface area contributed by atoms with Crippen LogP contribution in [0.25, 0.3) is 0 Å². The molecule has 0 fully saturated rings. The third kappa shape index (κ3) is 10.4. The maximum Gasteiger partial charge on any atom is 3.00 e. The Morgan fingerprint density at radius 2 is 0.737 bits per heavy atom. The molecule has 19 heavy (non-hydrogen) atoms. The van der Waals surface area contributed by atoms with Crippen LogP contribution in [0.4, 0.5) is 14.4 Å². The van der Waals surface area contributed by atoms with E-state index in [4.69, 9.17) is 0 Å². The van der Waals surface area contributed by atoms with E-state index in [0.29, 0.717) is 0 Å². The van der Waals surface area contributed by atoms with Crippen molar-refractivity contribution in [1.82, 2.24) is 10.0 Å². The van der Waals surface area contributed by atoms with Crippen molar-refractivity contribution in [3.8, 4) is 0 Å². The minimum Gasteiger partial charge on any atom is -0.528 e. The molecule has 0 unspecified atom stereocenters. The van der Waals surface area contributed by atoms with E-state index in [0.717, 1.165) is 73.3 Å². The molecule has 0 aromatic carbocycles. The van der Waals surface area contributed by atoms with Gasteiger partial charge in [0, 0.05) is 63.2 Å². The first-order chi connectivity index (χ1) is 8.41. The van der Waals surface area contributed by atoms with E-state index in [1.165, 1.54) is 0 Å². The second-order valence-electron chi connectivity index (χ2n) is 2.02. The zero-order valence-corrected chi connectivity index (χ0v) is 15.6. The van der Waals surface area contributed by atoms with Crippen molar-refractivity contribution in [1.29, 1.82) is 0 Å². The Hall–Kier alpha value is -0.0518. The van der Waals surface area contributed by atoms with Gasteiger partial charge < -0.3 is 29.7 Å². The molecule has 0 N–H and O–H groups in total. The molecule has 0 saturated carbocycles. The van der Waals surface area contributed by atoms with Gasteiger partial charge in [-0.1, -0.05) is 0 Å². The number of carboxylic acid groups (broad SMARTS) is 3. The van der Waals surface area contributed by atoms with Gasteiger partial charge in [-0.3, -0.25) is 0 Å². The largest absolute Gasteiger partial charge is 3.00 e. The van der Waals surface area contributed by atoms with Gasteiger partial charge in [-0.15, -0.1) is 0 Å². The van der Waals surface area contributed by atoms with Crippen LogP contribution in [0.5, 0.6) is 0 Å². The second-order valence-corrected chi connectivity index (χ2v) is 8.48. The van der Waals surface area contributed by atoms with Gasteiger partial charge in [0.1, 0.15) is 0 Å². The molecule has 0 atom stereocenters. The smallest absolute Gasteiger partial charge is 0.528 e. The first-order valence-corrected chi connectivity index (χ1v) is 9.68. The topological polar surface area (TPSA) is 135 Å². The standard InChI is InChI=1S/3CHNO2S2.Sb/c3*3-1(4)2-5-6-2;/h3*(H,3,4);/q;;;+3/p-3. The van der Waals surface area contributed by atoms with E-state index >= 15 is 0 Å². The van der Waals surface area contributed by atoms with E-state index in [9.17, 15) is 29.7 Å². The monoisotopic (exact) mass is 487 g/mol. The van der Waals surface area contributed by atoms with E-state index in [-0.39, 0.29) is 24.4 Å². The van der Waals surface area contributed by atoms with Crippen LogP contribution < -0.4 is 15.3 Å². The van der Waals surface area contributed by atoms with Crippen LogP contribution in [-0.4, -0.2) is 52.7 Å². The van der Waals surface area contributed by atoms with Crippen molar-refractivity contribution in [2.75, 3.05) is 0 Å². The molecule has 0 amide bonds. The maximum absolute atomic E-state index is 9.53. The number of hydrogen-bond acceptors (Lipinski definition) is 12. The van der Waals surface area contributed by atoms with Gasteiger partial charge in [0.2, 0.25) is 0 Å². The Morgan fingerprint density at radius 1 is 0.579 bits per heavy atom. The van der Waals surface area contributed by atoms with Gasteiger partial charge in [-0.2, -0.15) is 10.0 Å². The molecule has 2 radical (unpaired) electrons. The summed E-state index contributed by atoms with van der Waals surface area (Å²) in [6.07, 6.45) is -3.36. The molecule has 0 spiro atoms. The first-order valence-electron chi connectivity index (χ1n) is 3.49. The van der Waals surface area contributed by atoms with Gasteiger partial charge in [0.25, 0.3) is 0 Å². The maximum atomic E-state index is 9.53. The summed E-state index contributed by atoms with van der Waals surface area (Å²) in [5, 5.41) is 28.6. The van der Waals surface area contributed by atoms with Gasteiger partial charge in [0.05, 0.1) is 0 Å². The molecule has 3 rings (SSSR count). The quantitative estimate of drug-likeness (QED) is 0.295. The van der Waals surface area contributed by atoms with E-state index < -0.39 is 18.3 Å². The number of rotatable bonds is 0. The number of aromatic nitrogens is 3. The number of carbonyl (C=O) groups is 3. The molecule has 9 nitrogen and oxygen atoms in total. The first kappa shape index (κ1) is 18.9. The fraction of sp³-hybridized carbons (Fsp3) is 0. The van der Waals surface area contributed by atoms with Crippen LogP contribution in [0.3, 0.4) is 0 Å². The molecule has 3 aromatic heterocycles. The van der Waals surface area contributed by atoms with Crippen molar-refractivity contribution >= 4 is 106 Å². The van der Waals surface area contributed by atoms with E-state index in [1.54, 1.807) is 0 Å². The Bertz CT molecular complexity index is 472. The van der Waals surface area contributed by atoms with Crippen LogP contribution >= 0.6 is 63.2 Å². The van der Waals surface area contributed by atoms with Crippen molar-refractivity contribution in [2.24, 2.45) is 0 Å². The van der Waals surface area contributed by atoms with Crippen molar-refractivity contribution < 1.29 is 29.7 Å². The summed E-state index contributed by atoms with van der Waals surface area (Å²) in [4.78, 5) is 28.6. The minimum atomic E-state index is -1.12. The molecular weight excluding hydrogens is 488 g/mol. The predicted molar refractivity (Wildman–Crippen MR) is 68.7 cm³/mol. The number of nitrogens with zero attached hydrogens (tertiary/aromatic N) is 3.